The van der Waals surface area contributed by atoms with E-state index in [4.69, 9.17) is 38.3 Å². The molecular weight excluding hydrogens is 467 g/mol. The maximum atomic E-state index is 6.52. The highest BCUT2D eigenvalue weighted by atomic mass is 35.5. The summed E-state index contributed by atoms with van der Waals surface area (Å²) in [6, 6.07) is 6.19. The largest absolute Gasteiger partial charge is 0.355 e. The first-order valence-electron chi connectivity index (χ1n) is 12.6. The van der Waals surface area contributed by atoms with Crippen LogP contribution in [0.5, 0.6) is 0 Å². The van der Waals surface area contributed by atoms with E-state index in [9.17, 15) is 0 Å². The lowest BCUT2D eigenvalue weighted by Crippen LogP contribution is -2.50. The number of fused-ring (bicyclic) bond motifs is 1. The Kier molecular flexibility index (Phi) is 7.01. The molecule has 0 saturated carbocycles. The summed E-state index contributed by atoms with van der Waals surface area (Å²) in [7, 11) is 0. The number of likely N-dealkylation sites (tertiary alicyclic amines) is 1. The Labute approximate surface area is 212 Å². The van der Waals surface area contributed by atoms with Crippen molar-refractivity contribution >= 4 is 40.2 Å². The van der Waals surface area contributed by atoms with Crippen molar-refractivity contribution in [2.45, 2.75) is 65.0 Å². The maximum absolute atomic E-state index is 6.52. The number of rotatable bonds is 4. The van der Waals surface area contributed by atoms with E-state index in [1.807, 2.05) is 29.9 Å². The fourth-order valence-corrected chi connectivity index (χ4v) is 6.31. The molecule has 2 saturated heterocycles. The normalized spacial score (nSPS) is 23.3. The summed E-state index contributed by atoms with van der Waals surface area (Å²) in [5.74, 6) is 1.53. The van der Waals surface area contributed by atoms with Gasteiger partial charge in [-0.05, 0) is 69.8 Å². The predicted molar refractivity (Wildman–Crippen MR) is 140 cm³/mol. The molecule has 2 fully saturated rings. The molecule has 0 spiro atoms. The van der Waals surface area contributed by atoms with E-state index in [-0.39, 0.29) is 6.04 Å². The van der Waals surface area contributed by atoms with Crippen molar-refractivity contribution in [3.63, 3.8) is 0 Å². The third-order valence-electron chi connectivity index (χ3n) is 7.63. The fourth-order valence-electron chi connectivity index (χ4n) is 5.75. The van der Waals surface area contributed by atoms with Gasteiger partial charge in [0.15, 0.2) is 5.65 Å². The molecule has 5 rings (SSSR count). The summed E-state index contributed by atoms with van der Waals surface area (Å²) in [6.45, 7) is 11.0. The van der Waals surface area contributed by atoms with Crippen molar-refractivity contribution in [2.24, 2.45) is 5.92 Å². The highest BCUT2D eigenvalue weighted by Gasteiger charge is 2.32. The molecule has 182 valence electrons. The van der Waals surface area contributed by atoms with E-state index >= 15 is 0 Å². The number of hydrogen-bond acceptors (Lipinski definition) is 5. The lowest BCUT2D eigenvalue weighted by atomic mass is 9.92. The summed E-state index contributed by atoms with van der Waals surface area (Å²) in [6.07, 6.45) is 8.54. The molecule has 34 heavy (non-hydrogen) atoms. The van der Waals surface area contributed by atoms with Gasteiger partial charge in [-0.1, -0.05) is 49.0 Å². The molecule has 0 amide bonds. The predicted octanol–water partition coefficient (Wildman–Crippen LogP) is 6.14. The molecule has 6 nitrogen and oxygen atoms in total. The number of aromatic nitrogens is 4. The van der Waals surface area contributed by atoms with Gasteiger partial charge < -0.3 is 4.90 Å². The number of halogens is 2. The topological polar surface area (TPSA) is 50.1 Å². The average molecular weight is 502 g/mol. The first-order chi connectivity index (χ1) is 16.4. The van der Waals surface area contributed by atoms with Crippen LogP contribution < -0.4 is 4.90 Å². The smallest absolute Gasteiger partial charge is 0.179 e. The molecule has 1 aromatic carbocycles. The number of anilines is 1. The van der Waals surface area contributed by atoms with Crippen LogP contribution in [0.1, 0.15) is 63.3 Å². The minimum absolute atomic E-state index is 0.0850. The van der Waals surface area contributed by atoms with Gasteiger partial charge in [0.25, 0.3) is 0 Å². The summed E-state index contributed by atoms with van der Waals surface area (Å²) >= 11 is 12.6. The summed E-state index contributed by atoms with van der Waals surface area (Å²) in [4.78, 5) is 15.0. The van der Waals surface area contributed by atoms with E-state index < -0.39 is 0 Å². The molecule has 2 aromatic heterocycles. The molecule has 0 aliphatic carbocycles. The zero-order chi connectivity index (χ0) is 23.8. The SMILES string of the molecule is Cc1nn(C(C)c2ccc(Cl)cc2Cl)c2nc(N3CCC(N4CCCCCC4)C(C)C3)cnc12. The number of nitrogens with zero attached hydrogens (tertiary/aromatic N) is 6. The second kappa shape index (κ2) is 10.00. The second-order valence-corrected chi connectivity index (χ2v) is 10.8. The summed E-state index contributed by atoms with van der Waals surface area (Å²) in [5, 5.41) is 6.05. The molecule has 0 N–H and O–H groups in total. The van der Waals surface area contributed by atoms with Gasteiger partial charge in [-0.25, -0.2) is 14.6 Å². The van der Waals surface area contributed by atoms with Gasteiger partial charge in [-0.3, -0.25) is 4.90 Å². The van der Waals surface area contributed by atoms with Crippen molar-refractivity contribution in [1.82, 2.24) is 24.6 Å². The molecule has 0 radical (unpaired) electrons. The Balaban J connectivity index is 1.40. The number of benzene rings is 1. The van der Waals surface area contributed by atoms with Crippen LogP contribution in [0.3, 0.4) is 0 Å². The minimum Gasteiger partial charge on any atom is -0.355 e. The van der Waals surface area contributed by atoms with Crippen LogP contribution in [0.25, 0.3) is 11.2 Å². The quantitative estimate of drug-likeness (QED) is 0.430. The first kappa shape index (κ1) is 23.8. The second-order valence-electron chi connectivity index (χ2n) is 10.0. The third kappa shape index (κ3) is 4.65. The van der Waals surface area contributed by atoms with Crippen LogP contribution in [0.15, 0.2) is 24.4 Å². The third-order valence-corrected chi connectivity index (χ3v) is 8.19. The molecule has 3 atom stereocenters. The molecule has 4 heterocycles. The molecule has 3 aromatic rings. The van der Waals surface area contributed by atoms with Crippen LogP contribution in [-0.2, 0) is 0 Å². The molecule has 3 unspecified atom stereocenters. The lowest BCUT2D eigenvalue weighted by Gasteiger charge is -2.42. The monoisotopic (exact) mass is 500 g/mol. The van der Waals surface area contributed by atoms with Crippen LogP contribution in [0.4, 0.5) is 5.82 Å². The Morgan fingerprint density at radius 1 is 1.06 bits per heavy atom. The highest BCUT2D eigenvalue weighted by Crippen LogP contribution is 2.32. The van der Waals surface area contributed by atoms with Crippen molar-refractivity contribution in [1.29, 1.82) is 0 Å². The van der Waals surface area contributed by atoms with Gasteiger partial charge in [-0.2, -0.15) is 5.10 Å². The van der Waals surface area contributed by atoms with Gasteiger partial charge in [0.2, 0.25) is 0 Å². The Bertz CT molecular complexity index is 1150. The molecular formula is C26H34Cl2N6. The van der Waals surface area contributed by atoms with Crippen molar-refractivity contribution in [3.05, 3.63) is 45.7 Å². The summed E-state index contributed by atoms with van der Waals surface area (Å²) < 4.78 is 1.95. The standard InChI is InChI=1S/C26H34Cl2N6/c1-17-16-33(13-10-23(17)32-11-6-4-5-7-12-32)24-15-29-25-18(2)31-34(26(25)30-24)19(3)21-9-8-20(27)14-22(21)28/h8-9,14-15,17,19,23H,4-7,10-13,16H2,1-3H3. The van der Waals surface area contributed by atoms with Gasteiger partial charge >= 0.3 is 0 Å². The number of aryl methyl sites for hydroxylation is 1. The van der Waals surface area contributed by atoms with Gasteiger partial charge in [0, 0.05) is 29.2 Å². The average Bonchev–Trinajstić information content (AvgIpc) is 2.98. The first-order valence-corrected chi connectivity index (χ1v) is 13.3. The summed E-state index contributed by atoms with van der Waals surface area (Å²) in [5.41, 5.74) is 3.48. The van der Waals surface area contributed by atoms with Gasteiger partial charge in [-0.15, -0.1) is 0 Å². The van der Waals surface area contributed by atoms with Crippen molar-refractivity contribution in [2.75, 3.05) is 31.1 Å². The maximum Gasteiger partial charge on any atom is 0.179 e. The van der Waals surface area contributed by atoms with Crippen LogP contribution in [-0.4, -0.2) is 56.9 Å². The zero-order valence-corrected chi connectivity index (χ0v) is 21.9. The Morgan fingerprint density at radius 3 is 2.53 bits per heavy atom. The van der Waals surface area contributed by atoms with Gasteiger partial charge in [0.05, 0.1) is 17.9 Å². The van der Waals surface area contributed by atoms with Gasteiger partial charge in [0.1, 0.15) is 11.3 Å². The molecule has 2 aliphatic heterocycles. The van der Waals surface area contributed by atoms with Crippen molar-refractivity contribution in [3.8, 4) is 0 Å². The van der Waals surface area contributed by atoms with Crippen LogP contribution >= 0.6 is 23.2 Å². The van der Waals surface area contributed by atoms with E-state index in [1.54, 1.807) is 6.07 Å². The molecule has 2 aliphatic rings. The molecule has 0 bridgehead atoms. The number of hydrogen-bond donors (Lipinski definition) is 0. The highest BCUT2D eigenvalue weighted by molar-refractivity contribution is 6.35. The fraction of sp³-hybridized carbons (Fsp3) is 0.577. The Morgan fingerprint density at radius 2 is 1.82 bits per heavy atom. The van der Waals surface area contributed by atoms with E-state index in [0.717, 1.165) is 41.3 Å². The minimum atomic E-state index is -0.0850. The zero-order valence-electron chi connectivity index (χ0n) is 20.3. The van der Waals surface area contributed by atoms with E-state index in [2.05, 4.69) is 23.6 Å². The van der Waals surface area contributed by atoms with E-state index in [0.29, 0.717) is 22.0 Å². The van der Waals surface area contributed by atoms with Crippen molar-refractivity contribution < 1.29 is 0 Å². The Hall–Kier alpha value is -1.89. The van der Waals surface area contributed by atoms with Crippen LogP contribution in [0, 0.1) is 12.8 Å². The number of piperidine rings is 1. The van der Waals surface area contributed by atoms with Crippen LogP contribution in [0.2, 0.25) is 10.0 Å². The molecule has 8 heteroatoms. The van der Waals surface area contributed by atoms with E-state index in [1.165, 1.54) is 45.2 Å². The lowest BCUT2D eigenvalue weighted by molar-refractivity contribution is 0.132.